The van der Waals surface area contributed by atoms with E-state index in [1.54, 1.807) is 18.2 Å². The van der Waals surface area contributed by atoms with Gasteiger partial charge < -0.3 is 10.4 Å². The molecule has 1 aromatic heterocycles. The summed E-state index contributed by atoms with van der Waals surface area (Å²) >= 11 is 2.74. The summed E-state index contributed by atoms with van der Waals surface area (Å²) in [5.74, 6) is -1.28. The van der Waals surface area contributed by atoms with E-state index in [1.165, 1.54) is 29.2 Å². The third kappa shape index (κ3) is 3.52. The predicted octanol–water partition coefficient (Wildman–Crippen LogP) is 3.65. The molecule has 2 N–H and O–H groups in total. The van der Waals surface area contributed by atoms with Gasteiger partial charge in [0.15, 0.2) is 5.17 Å². The van der Waals surface area contributed by atoms with E-state index in [1.807, 2.05) is 24.4 Å². The Hall–Kier alpha value is -2.38. The molecular weight excluding hydrogens is 332 g/mol. The van der Waals surface area contributed by atoms with Gasteiger partial charge in [-0.15, -0.1) is 11.3 Å². The summed E-state index contributed by atoms with van der Waals surface area (Å²) in [5.41, 5.74) is 1.34. The van der Waals surface area contributed by atoms with Crippen molar-refractivity contribution in [1.29, 1.82) is 0 Å². The lowest BCUT2D eigenvalue weighted by Crippen LogP contribution is -2.19. The van der Waals surface area contributed by atoms with Crippen molar-refractivity contribution in [3.8, 4) is 0 Å². The van der Waals surface area contributed by atoms with Crippen LogP contribution < -0.4 is 5.32 Å². The van der Waals surface area contributed by atoms with E-state index < -0.39 is 5.97 Å². The maximum absolute atomic E-state index is 12.0. The van der Waals surface area contributed by atoms with Gasteiger partial charge >= 0.3 is 5.97 Å². The summed E-state index contributed by atoms with van der Waals surface area (Å²) in [5, 5.41) is 14.2. The van der Waals surface area contributed by atoms with Crippen molar-refractivity contribution in [2.75, 3.05) is 0 Å². The van der Waals surface area contributed by atoms with Gasteiger partial charge in [-0.1, -0.05) is 12.1 Å². The summed E-state index contributed by atoms with van der Waals surface area (Å²) in [6, 6.07) is 8.75. The van der Waals surface area contributed by atoms with E-state index in [-0.39, 0.29) is 11.5 Å². The van der Waals surface area contributed by atoms with Crippen LogP contribution in [0.4, 0.5) is 5.69 Å². The van der Waals surface area contributed by atoms with Crippen LogP contribution in [0.5, 0.6) is 0 Å². The Morgan fingerprint density at radius 2 is 2.17 bits per heavy atom. The minimum atomic E-state index is -1.05. The van der Waals surface area contributed by atoms with Crippen LogP contribution in [0, 0.1) is 6.92 Å². The summed E-state index contributed by atoms with van der Waals surface area (Å²) in [6.45, 7) is 1.86. The summed E-state index contributed by atoms with van der Waals surface area (Å²) in [6.07, 6.45) is 1.79. The van der Waals surface area contributed by atoms with Crippen molar-refractivity contribution >= 4 is 51.9 Å². The highest BCUT2D eigenvalue weighted by Gasteiger charge is 2.24. The predicted molar refractivity (Wildman–Crippen MR) is 93.3 cm³/mol. The fraction of sp³-hybridized carbons (Fsp3) is 0.0625. The molecule has 1 amide bonds. The third-order valence-electron chi connectivity index (χ3n) is 3.07. The Bertz CT molecular complexity index is 839. The number of hydrogen-bond acceptors (Lipinski definition) is 5. The number of thioether (sulfide) groups is 1. The van der Waals surface area contributed by atoms with Crippen molar-refractivity contribution < 1.29 is 14.7 Å². The maximum Gasteiger partial charge on any atom is 0.337 e. The Labute approximate surface area is 140 Å². The zero-order valence-corrected chi connectivity index (χ0v) is 13.7. The zero-order valence-electron chi connectivity index (χ0n) is 12.1. The molecule has 1 aliphatic rings. The number of benzene rings is 1. The molecule has 116 valence electrons. The number of aromatic carboxylic acids is 1. The number of carboxylic acid groups (broad SMARTS) is 1. The van der Waals surface area contributed by atoms with Gasteiger partial charge in [0.25, 0.3) is 5.91 Å². The molecule has 0 radical (unpaired) electrons. The average Bonchev–Trinajstić information content (AvgIpc) is 3.10. The second-order valence-corrected chi connectivity index (χ2v) is 6.83. The normalized spacial score (nSPS) is 17.7. The molecule has 3 rings (SSSR count). The van der Waals surface area contributed by atoms with Crippen molar-refractivity contribution in [2.24, 2.45) is 4.99 Å². The molecule has 0 saturated carbocycles. The van der Waals surface area contributed by atoms with Gasteiger partial charge in [-0.2, -0.15) is 0 Å². The van der Waals surface area contributed by atoms with E-state index in [9.17, 15) is 14.7 Å². The summed E-state index contributed by atoms with van der Waals surface area (Å²) in [7, 11) is 0. The first-order valence-corrected chi connectivity index (χ1v) is 8.39. The fourth-order valence-electron chi connectivity index (χ4n) is 2.01. The highest BCUT2D eigenvalue weighted by atomic mass is 32.2. The van der Waals surface area contributed by atoms with Crippen molar-refractivity contribution in [1.82, 2.24) is 5.32 Å². The standard InChI is InChI=1S/C16H12N2O3S2/c1-9-4-5-11(15(20)21)12(7-9)17-16-18-14(19)13(23-16)8-10-3-2-6-22-10/h2-8H,1H3,(H,20,21)(H,17,18,19)/b13-8-. The van der Waals surface area contributed by atoms with E-state index >= 15 is 0 Å². The molecule has 1 aromatic carbocycles. The van der Waals surface area contributed by atoms with E-state index in [0.717, 1.165) is 10.4 Å². The Morgan fingerprint density at radius 3 is 2.87 bits per heavy atom. The number of amidine groups is 1. The first kappa shape index (κ1) is 15.5. The number of nitrogens with zero attached hydrogens (tertiary/aromatic N) is 1. The SMILES string of the molecule is Cc1ccc(C(=O)O)c(N=C2NC(=O)/C(=C/c3cccs3)S2)c1. The van der Waals surface area contributed by atoms with Crippen LogP contribution in [-0.2, 0) is 4.79 Å². The molecule has 2 aromatic rings. The van der Waals surface area contributed by atoms with Crippen molar-refractivity contribution in [3.05, 3.63) is 56.6 Å². The lowest BCUT2D eigenvalue weighted by Gasteiger charge is -2.03. The van der Waals surface area contributed by atoms with E-state index in [2.05, 4.69) is 10.3 Å². The summed E-state index contributed by atoms with van der Waals surface area (Å²) in [4.78, 5) is 29.1. The first-order valence-electron chi connectivity index (χ1n) is 6.70. The van der Waals surface area contributed by atoms with E-state index in [0.29, 0.717) is 15.8 Å². The van der Waals surface area contributed by atoms with Gasteiger partial charge in [0, 0.05) is 4.88 Å². The van der Waals surface area contributed by atoms with Crippen LogP contribution in [0.1, 0.15) is 20.8 Å². The largest absolute Gasteiger partial charge is 0.478 e. The number of carbonyl (C=O) groups is 2. The van der Waals surface area contributed by atoms with Crippen LogP contribution >= 0.6 is 23.1 Å². The second kappa shape index (κ2) is 6.39. The number of aryl methyl sites for hydroxylation is 1. The lowest BCUT2D eigenvalue weighted by atomic mass is 10.1. The van der Waals surface area contributed by atoms with Gasteiger partial charge in [0.1, 0.15) is 0 Å². The summed E-state index contributed by atoms with van der Waals surface area (Å²) < 4.78 is 0. The Balaban J connectivity index is 1.92. The molecule has 0 bridgehead atoms. The van der Waals surface area contributed by atoms with Crippen LogP contribution in [0.3, 0.4) is 0 Å². The van der Waals surface area contributed by atoms with Crippen LogP contribution in [0.15, 0.2) is 45.6 Å². The number of amides is 1. The Morgan fingerprint density at radius 1 is 1.35 bits per heavy atom. The molecule has 0 unspecified atom stereocenters. The molecule has 1 fully saturated rings. The van der Waals surface area contributed by atoms with Crippen molar-refractivity contribution in [2.45, 2.75) is 6.92 Å². The van der Waals surface area contributed by atoms with Gasteiger partial charge in [-0.05, 0) is 53.9 Å². The fourth-order valence-corrected chi connectivity index (χ4v) is 3.57. The lowest BCUT2D eigenvalue weighted by molar-refractivity contribution is -0.115. The molecule has 5 nitrogen and oxygen atoms in total. The smallest absolute Gasteiger partial charge is 0.337 e. The molecule has 0 spiro atoms. The van der Waals surface area contributed by atoms with Gasteiger partial charge in [-0.3, -0.25) is 4.79 Å². The maximum atomic E-state index is 12.0. The average molecular weight is 344 g/mol. The number of hydrogen-bond donors (Lipinski definition) is 2. The molecule has 2 heterocycles. The molecular formula is C16H12N2O3S2. The highest BCUT2D eigenvalue weighted by Crippen LogP contribution is 2.30. The van der Waals surface area contributed by atoms with Crippen LogP contribution in [0.25, 0.3) is 6.08 Å². The molecule has 23 heavy (non-hydrogen) atoms. The number of aliphatic imine (C=N–C) groups is 1. The molecule has 1 saturated heterocycles. The number of thiophene rings is 1. The monoisotopic (exact) mass is 344 g/mol. The molecule has 0 aliphatic carbocycles. The number of rotatable bonds is 3. The second-order valence-electron chi connectivity index (χ2n) is 4.82. The van der Waals surface area contributed by atoms with Crippen LogP contribution in [0.2, 0.25) is 0 Å². The molecule has 1 aliphatic heterocycles. The van der Waals surface area contributed by atoms with Gasteiger partial charge in [-0.25, -0.2) is 9.79 Å². The third-order valence-corrected chi connectivity index (χ3v) is 4.80. The Kier molecular flexibility index (Phi) is 4.31. The highest BCUT2D eigenvalue weighted by molar-refractivity contribution is 8.18. The molecule has 0 atom stereocenters. The minimum Gasteiger partial charge on any atom is -0.478 e. The number of nitrogens with one attached hydrogen (secondary N) is 1. The minimum absolute atomic E-state index is 0.105. The topological polar surface area (TPSA) is 78.8 Å². The first-order chi connectivity index (χ1) is 11.0. The van der Waals surface area contributed by atoms with Crippen molar-refractivity contribution in [3.63, 3.8) is 0 Å². The zero-order chi connectivity index (χ0) is 16.4. The quantitative estimate of drug-likeness (QED) is 0.833. The van der Waals surface area contributed by atoms with E-state index in [4.69, 9.17) is 0 Å². The van der Waals surface area contributed by atoms with Crippen LogP contribution in [-0.4, -0.2) is 22.2 Å². The molecule has 7 heteroatoms. The van der Waals surface area contributed by atoms with Gasteiger partial charge in [0.05, 0.1) is 16.2 Å². The van der Waals surface area contributed by atoms with Gasteiger partial charge in [0.2, 0.25) is 0 Å². The number of carboxylic acids is 1. The number of carbonyl (C=O) groups excluding carboxylic acids is 1.